The van der Waals surface area contributed by atoms with Crippen molar-refractivity contribution in [1.29, 1.82) is 0 Å². The first kappa shape index (κ1) is 10.5. The second kappa shape index (κ2) is 3.23. The summed E-state index contributed by atoms with van der Waals surface area (Å²) in [6, 6.07) is 0. The number of hydrogen-bond acceptors (Lipinski definition) is 1. The lowest BCUT2D eigenvalue weighted by atomic mass is 9.68. The van der Waals surface area contributed by atoms with Gasteiger partial charge in [-0.3, -0.25) is 0 Å². The lowest BCUT2D eigenvalue weighted by Crippen LogP contribution is -2.31. The van der Waals surface area contributed by atoms with Crippen LogP contribution in [0.3, 0.4) is 0 Å². The Balaban J connectivity index is 1.86. The zero-order valence-corrected chi connectivity index (χ0v) is 9.84. The minimum Gasteiger partial charge on any atom is -0.390 e. The van der Waals surface area contributed by atoms with E-state index in [1.54, 1.807) is 0 Å². The second-order valence-electron chi connectivity index (χ2n) is 6.52. The van der Waals surface area contributed by atoms with Crippen LogP contribution < -0.4 is 0 Å². The standard InChI is InChI=1S/C13H24O/c1-12(2,3)10-4-6-11(7-5-10)13(14)8-9-13/h10-11,14H,4-9H2,1-3H3. The zero-order valence-electron chi connectivity index (χ0n) is 9.84. The van der Waals surface area contributed by atoms with Gasteiger partial charge < -0.3 is 5.11 Å². The molecule has 2 fully saturated rings. The van der Waals surface area contributed by atoms with Crippen LogP contribution in [0.15, 0.2) is 0 Å². The van der Waals surface area contributed by atoms with Crippen LogP contribution in [0.2, 0.25) is 0 Å². The third-order valence-corrected chi connectivity index (χ3v) is 4.47. The summed E-state index contributed by atoms with van der Waals surface area (Å²) < 4.78 is 0. The van der Waals surface area contributed by atoms with E-state index in [1.165, 1.54) is 25.7 Å². The molecule has 2 rings (SSSR count). The molecular weight excluding hydrogens is 172 g/mol. The molecule has 2 saturated carbocycles. The topological polar surface area (TPSA) is 20.2 Å². The molecule has 1 N–H and O–H groups in total. The van der Waals surface area contributed by atoms with Gasteiger partial charge in [-0.15, -0.1) is 0 Å². The summed E-state index contributed by atoms with van der Waals surface area (Å²) in [6.07, 6.45) is 7.32. The zero-order chi connectivity index (χ0) is 10.4. The summed E-state index contributed by atoms with van der Waals surface area (Å²) in [4.78, 5) is 0. The molecule has 0 aromatic rings. The Hall–Kier alpha value is -0.0400. The van der Waals surface area contributed by atoms with Crippen LogP contribution in [-0.4, -0.2) is 10.7 Å². The molecule has 0 aromatic heterocycles. The monoisotopic (exact) mass is 196 g/mol. The van der Waals surface area contributed by atoms with Gasteiger partial charge in [0.05, 0.1) is 5.60 Å². The van der Waals surface area contributed by atoms with Crippen LogP contribution >= 0.6 is 0 Å². The van der Waals surface area contributed by atoms with Gasteiger partial charge in [-0.25, -0.2) is 0 Å². The van der Waals surface area contributed by atoms with E-state index in [-0.39, 0.29) is 5.60 Å². The van der Waals surface area contributed by atoms with E-state index in [2.05, 4.69) is 20.8 Å². The van der Waals surface area contributed by atoms with Crippen LogP contribution in [0.5, 0.6) is 0 Å². The van der Waals surface area contributed by atoms with Gasteiger partial charge in [0.25, 0.3) is 0 Å². The fourth-order valence-corrected chi connectivity index (χ4v) is 3.03. The highest BCUT2D eigenvalue weighted by molar-refractivity contribution is 5.01. The van der Waals surface area contributed by atoms with E-state index in [9.17, 15) is 5.11 Å². The normalized spacial score (nSPS) is 36.9. The second-order valence-corrected chi connectivity index (χ2v) is 6.52. The molecule has 82 valence electrons. The molecule has 0 amide bonds. The molecule has 0 saturated heterocycles. The van der Waals surface area contributed by atoms with E-state index in [0.29, 0.717) is 11.3 Å². The first-order chi connectivity index (χ1) is 6.42. The molecule has 0 spiro atoms. The Morgan fingerprint density at radius 1 is 1.00 bits per heavy atom. The highest BCUT2D eigenvalue weighted by Crippen LogP contribution is 2.51. The van der Waals surface area contributed by atoms with Crippen molar-refractivity contribution in [3.8, 4) is 0 Å². The van der Waals surface area contributed by atoms with Gasteiger partial charge >= 0.3 is 0 Å². The summed E-state index contributed by atoms with van der Waals surface area (Å²) in [7, 11) is 0. The van der Waals surface area contributed by atoms with Crippen LogP contribution in [0.1, 0.15) is 59.3 Å². The molecule has 1 nitrogen and oxygen atoms in total. The lowest BCUT2D eigenvalue weighted by molar-refractivity contribution is 0.0346. The molecule has 0 atom stereocenters. The van der Waals surface area contributed by atoms with Gasteiger partial charge in [0, 0.05) is 0 Å². The Morgan fingerprint density at radius 3 is 1.86 bits per heavy atom. The largest absolute Gasteiger partial charge is 0.390 e. The van der Waals surface area contributed by atoms with E-state index in [0.717, 1.165) is 18.8 Å². The number of aliphatic hydroxyl groups is 1. The molecule has 14 heavy (non-hydrogen) atoms. The van der Waals surface area contributed by atoms with Gasteiger partial charge in [0.15, 0.2) is 0 Å². The van der Waals surface area contributed by atoms with Crippen molar-refractivity contribution >= 4 is 0 Å². The van der Waals surface area contributed by atoms with Gasteiger partial charge in [0.2, 0.25) is 0 Å². The van der Waals surface area contributed by atoms with Crippen LogP contribution in [0.4, 0.5) is 0 Å². The Labute approximate surface area is 87.9 Å². The van der Waals surface area contributed by atoms with Crippen molar-refractivity contribution < 1.29 is 5.11 Å². The summed E-state index contributed by atoms with van der Waals surface area (Å²) >= 11 is 0. The van der Waals surface area contributed by atoms with Gasteiger partial charge in [-0.2, -0.15) is 0 Å². The molecule has 0 bridgehead atoms. The summed E-state index contributed by atoms with van der Waals surface area (Å²) in [5.41, 5.74) is 0.250. The molecule has 2 aliphatic carbocycles. The van der Waals surface area contributed by atoms with E-state index >= 15 is 0 Å². The van der Waals surface area contributed by atoms with E-state index < -0.39 is 0 Å². The lowest BCUT2D eigenvalue weighted by Gasteiger charge is -2.38. The molecule has 0 aliphatic heterocycles. The quantitative estimate of drug-likeness (QED) is 0.682. The maximum absolute atomic E-state index is 10.0. The van der Waals surface area contributed by atoms with E-state index in [1.807, 2.05) is 0 Å². The van der Waals surface area contributed by atoms with Gasteiger partial charge in [-0.1, -0.05) is 20.8 Å². The molecule has 0 unspecified atom stereocenters. The highest BCUT2D eigenvalue weighted by Gasteiger charge is 2.48. The first-order valence-corrected chi connectivity index (χ1v) is 6.14. The van der Waals surface area contributed by atoms with Crippen molar-refractivity contribution in [3.63, 3.8) is 0 Å². The van der Waals surface area contributed by atoms with Crippen molar-refractivity contribution in [2.24, 2.45) is 17.3 Å². The molecule has 0 aromatic carbocycles. The Bertz CT molecular complexity index is 189. The first-order valence-electron chi connectivity index (χ1n) is 6.14. The molecule has 1 heteroatoms. The molecular formula is C13H24O. The summed E-state index contributed by atoms with van der Waals surface area (Å²) in [5.74, 6) is 1.50. The highest BCUT2D eigenvalue weighted by atomic mass is 16.3. The van der Waals surface area contributed by atoms with Crippen molar-refractivity contribution in [2.45, 2.75) is 64.9 Å². The fraction of sp³-hybridized carbons (Fsp3) is 1.00. The molecule has 0 heterocycles. The minimum atomic E-state index is -0.219. The SMILES string of the molecule is CC(C)(C)C1CCC(C2(O)CC2)CC1. The number of hydrogen-bond donors (Lipinski definition) is 1. The van der Waals surface area contributed by atoms with Crippen molar-refractivity contribution in [1.82, 2.24) is 0 Å². The van der Waals surface area contributed by atoms with Gasteiger partial charge in [0.1, 0.15) is 0 Å². The van der Waals surface area contributed by atoms with Gasteiger partial charge in [-0.05, 0) is 55.8 Å². The number of rotatable bonds is 1. The predicted molar refractivity (Wildman–Crippen MR) is 59.1 cm³/mol. The molecule has 0 radical (unpaired) electrons. The third kappa shape index (κ3) is 1.98. The Kier molecular flexibility index (Phi) is 2.42. The van der Waals surface area contributed by atoms with Crippen molar-refractivity contribution in [2.75, 3.05) is 0 Å². The van der Waals surface area contributed by atoms with Crippen LogP contribution in [0.25, 0.3) is 0 Å². The Morgan fingerprint density at radius 2 is 1.50 bits per heavy atom. The average molecular weight is 196 g/mol. The average Bonchev–Trinajstić information content (AvgIpc) is 2.84. The van der Waals surface area contributed by atoms with Crippen LogP contribution in [0, 0.1) is 17.3 Å². The summed E-state index contributed by atoms with van der Waals surface area (Å²) in [6.45, 7) is 7.05. The predicted octanol–water partition coefficient (Wildman–Crippen LogP) is 3.36. The maximum atomic E-state index is 10.0. The molecule has 2 aliphatic rings. The maximum Gasteiger partial charge on any atom is 0.0678 e. The minimum absolute atomic E-state index is 0.219. The fourth-order valence-electron chi connectivity index (χ4n) is 3.03. The summed E-state index contributed by atoms with van der Waals surface area (Å²) in [5, 5.41) is 10.0. The van der Waals surface area contributed by atoms with Crippen LogP contribution in [-0.2, 0) is 0 Å². The third-order valence-electron chi connectivity index (χ3n) is 4.47. The van der Waals surface area contributed by atoms with E-state index in [4.69, 9.17) is 0 Å². The van der Waals surface area contributed by atoms with Crippen molar-refractivity contribution in [3.05, 3.63) is 0 Å². The smallest absolute Gasteiger partial charge is 0.0678 e.